The smallest absolute Gasteiger partial charge is 0.295 e. The normalized spacial score (nSPS) is 11.5. The predicted molar refractivity (Wildman–Crippen MR) is 74.1 cm³/mol. The van der Waals surface area contributed by atoms with Gasteiger partial charge in [-0.05, 0) is 18.6 Å². The fraction of sp³-hybridized carbons (Fsp3) is 0.357. The first-order valence-electron chi connectivity index (χ1n) is 6.39. The molecule has 112 valence electrons. The number of benzene rings is 1. The van der Waals surface area contributed by atoms with Gasteiger partial charge < -0.3 is 5.32 Å². The Morgan fingerprint density at radius 1 is 1.29 bits per heavy atom. The summed E-state index contributed by atoms with van der Waals surface area (Å²) in [6, 6.07) is 2.39. The van der Waals surface area contributed by atoms with Crippen LogP contribution in [0, 0.1) is 18.6 Å². The summed E-state index contributed by atoms with van der Waals surface area (Å²) in [6.45, 7) is 7.17. The SMILES string of the molecule is Cc1ccc(F)c(NC(=O)c2n[nH]c(C(C)(C)C)n2)c1F. The molecule has 0 spiro atoms. The molecule has 0 aliphatic carbocycles. The molecule has 0 aliphatic rings. The number of H-pyrrole nitrogens is 1. The van der Waals surface area contributed by atoms with Crippen LogP contribution in [-0.2, 0) is 5.41 Å². The minimum Gasteiger partial charge on any atom is -0.314 e. The summed E-state index contributed by atoms with van der Waals surface area (Å²) in [5.41, 5.74) is -0.579. The second kappa shape index (κ2) is 5.23. The predicted octanol–water partition coefficient (Wildman–Crippen LogP) is 2.94. The molecule has 0 unspecified atom stereocenters. The van der Waals surface area contributed by atoms with Gasteiger partial charge in [0.15, 0.2) is 5.82 Å². The summed E-state index contributed by atoms with van der Waals surface area (Å²) < 4.78 is 27.4. The molecule has 1 heterocycles. The van der Waals surface area contributed by atoms with E-state index >= 15 is 0 Å². The van der Waals surface area contributed by atoms with E-state index in [9.17, 15) is 13.6 Å². The molecular formula is C14H16F2N4O. The first-order chi connectivity index (χ1) is 9.70. The maximum atomic E-state index is 13.8. The lowest BCUT2D eigenvalue weighted by Gasteiger charge is -2.12. The van der Waals surface area contributed by atoms with Gasteiger partial charge >= 0.3 is 0 Å². The van der Waals surface area contributed by atoms with Crippen LogP contribution in [0.3, 0.4) is 0 Å². The summed E-state index contributed by atoms with van der Waals surface area (Å²) >= 11 is 0. The maximum Gasteiger partial charge on any atom is 0.295 e. The van der Waals surface area contributed by atoms with Crippen molar-refractivity contribution < 1.29 is 13.6 Å². The van der Waals surface area contributed by atoms with Crippen LogP contribution in [0.4, 0.5) is 14.5 Å². The summed E-state index contributed by atoms with van der Waals surface area (Å²) in [6.07, 6.45) is 0. The number of nitrogens with one attached hydrogen (secondary N) is 2. The Hall–Kier alpha value is -2.31. The molecule has 2 aromatic rings. The van der Waals surface area contributed by atoms with Crippen LogP contribution in [0.1, 0.15) is 42.8 Å². The van der Waals surface area contributed by atoms with Crippen molar-refractivity contribution in [2.75, 3.05) is 5.32 Å². The highest BCUT2D eigenvalue weighted by Gasteiger charge is 2.23. The number of aromatic amines is 1. The average molecular weight is 294 g/mol. The topological polar surface area (TPSA) is 70.7 Å². The number of carbonyl (C=O) groups excluding carboxylic acids is 1. The first-order valence-corrected chi connectivity index (χ1v) is 6.39. The molecular weight excluding hydrogens is 278 g/mol. The van der Waals surface area contributed by atoms with E-state index in [1.54, 1.807) is 0 Å². The van der Waals surface area contributed by atoms with Gasteiger partial charge in [-0.3, -0.25) is 9.89 Å². The molecule has 21 heavy (non-hydrogen) atoms. The van der Waals surface area contributed by atoms with E-state index in [2.05, 4.69) is 20.5 Å². The van der Waals surface area contributed by atoms with E-state index in [-0.39, 0.29) is 16.8 Å². The monoisotopic (exact) mass is 294 g/mol. The van der Waals surface area contributed by atoms with E-state index in [1.165, 1.54) is 13.0 Å². The number of rotatable bonds is 2. The van der Waals surface area contributed by atoms with Crippen LogP contribution in [0.15, 0.2) is 12.1 Å². The number of halogens is 2. The Morgan fingerprint density at radius 3 is 2.52 bits per heavy atom. The number of aryl methyl sites for hydroxylation is 1. The van der Waals surface area contributed by atoms with Gasteiger partial charge in [0.05, 0.1) is 0 Å². The number of nitrogens with zero attached hydrogens (tertiary/aromatic N) is 2. The Kier molecular flexibility index (Phi) is 3.76. The molecule has 2 rings (SSSR count). The molecule has 0 atom stereocenters. The Labute approximate surface area is 120 Å². The highest BCUT2D eigenvalue weighted by atomic mass is 19.1. The third-order valence-electron chi connectivity index (χ3n) is 2.92. The van der Waals surface area contributed by atoms with Crippen LogP contribution in [0.2, 0.25) is 0 Å². The molecule has 5 nitrogen and oxygen atoms in total. The second-order valence-electron chi connectivity index (χ2n) is 5.77. The van der Waals surface area contributed by atoms with E-state index in [0.29, 0.717) is 5.82 Å². The molecule has 1 aromatic heterocycles. The van der Waals surface area contributed by atoms with E-state index in [4.69, 9.17) is 0 Å². The van der Waals surface area contributed by atoms with Crippen LogP contribution < -0.4 is 5.32 Å². The Bertz CT molecular complexity index is 689. The molecule has 0 aliphatic heterocycles. The zero-order valence-corrected chi connectivity index (χ0v) is 12.2. The van der Waals surface area contributed by atoms with E-state index < -0.39 is 23.2 Å². The lowest BCUT2D eigenvalue weighted by molar-refractivity contribution is 0.101. The fourth-order valence-corrected chi connectivity index (χ4v) is 1.64. The zero-order chi connectivity index (χ0) is 15.8. The molecule has 2 N–H and O–H groups in total. The average Bonchev–Trinajstić information content (AvgIpc) is 2.88. The number of hydrogen-bond acceptors (Lipinski definition) is 3. The summed E-state index contributed by atoms with van der Waals surface area (Å²) in [5, 5.41) is 8.58. The van der Waals surface area contributed by atoms with Crippen molar-refractivity contribution in [3.63, 3.8) is 0 Å². The number of amides is 1. The summed E-state index contributed by atoms with van der Waals surface area (Å²) in [7, 11) is 0. The number of hydrogen-bond donors (Lipinski definition) is 2. The van der Waals surface area contributed by atoms with Crippen LogP contribution >= 0.6 is 0 Å². The summed E-state index contributed by atoms with van der Waals surface area (Å²) in [4.78, 5) is 16.0. The largest absolute Gasteiger partial charge is 0.314 e. The van der Waals surface area contributed by atoms with Crippen molar-refractivity contribution in [1.29, 1.82) is 0 Å². The molecule has 7 heteroatoms. The lowest BCUT2D eigenvalue weighted by atomic mass is 9.96. The van der Waals surface area contributed by atoms with Gasteiger partial charge in [-0.15, -0.1) is 5.10 Å². The minimum atomic E-state index is -0.849. The number of aromatic nitrogens is 3. The standard InChI is InChI=1S/C14H16F2N4O/c1-7-5-6-8(15)10(9(7)16)17-12(21)11-18-13(20-19-11)14(2,3)4/h5-6H,1-4H3,(H,17,21)(H,18,19,20). The molecule has 1 amide bonds. The van der Waals surface area contributed by atoms with Gasteiger partial charge in [-0.25, -0.2) is 13.8 Å². The minimum absolute atomic E-state index is 0.166. The van der Waals surface area contributed by atoms with E-state index in [0.717, 1.165) is 6.07 Å². The molecule has 0 fully saturated rings. The Balaban J connectivity index is 2.27. The first kappa shape index (κ1) is 15.1. The highest BCUT2D eigenvalue weighted by Crippen LogP contribution is 2.22. The number of carbonyl (C=O) groups is 1. The molecule has 0 saturated heterocycles. The van der Waals surface area contributed by atoms with E-state index in [1.807, 2.05) is 20.8 Å². The highest BCUT2D eigenvalue weighted by molar-refractivity contribution is 6.01. The van der Waals surface area contributed by atoms with Crippen molar-refractivity contribution >= 4 is 11.6 Å². The molecule has 0 radical (unpaired) electrons. The fourth-order valence-electron chi connectivity index (χ4n) is 1.64. The van der Waals surface area contributed by atoms with Gasteiger partial charge in [0, 0.05) is 5.41 Å². The van der Waals surface area contributed by atoms with Crippen LogP contribution in [0.5, 0.6) is 0 Å². The van der Waals surface area contributed by atoms with Crippen molar-refractivity contribution in [1.82, 2.24) is 15.2 Å². The van der Waals surface area contributed by atoms with Gasteiger partial charge in [0.1, 0.15) is 17.3 Å². The van der Waals surface area contributed by atoms with Crippen LogP contribution in [0.25, 0.3) is 0 Å². The van der Waals surface area contributed by atoms with Crippen molar-refractivity contribution in [3.05, 3.63) is 41.0 Å². The third kappa shape index (κ3) is 3.07. The molecule has 0 bridgehead atoms. The Morgan fingerprint density at radius 2 is 1.95 bits per heavy atom. The second-order valence-corrected chi connectivity index (χ2v) is 5.77. The maximum absolute atomic E-state index is 13.8. The summed E-state index contributed by atoms with van der Waals surface area (Å²) in [5.74, 6) is -2.09. The quantitative estimate of drug-likeness (QED) is 0.894. The van der Waals surface area contributed by atoms with Crippen molar-refractivity contribution in [2.24, 2.45) is 0 Å². The van der Waals surface area contributed by atoms with Gasteiger partial charge in [-0.1, -0.05) is 26.8 Å². The zero-order valence-electron chi connectivity index (χ0n) is 12.2. The van der Waals surface area contributed by atoms with Crippen molar-refractivity contribution in [2.45, 2.75) is 33.1 Å². The number of anilines is 1. The van der Waals surface area contributed by atoms with Crippen LogP contribution in [-0.4, -0.2) is 21.1 Å². The molecule has 1 aromatic carbocycles. The molecule has 0 saturated carbocycles. The van der Waals surface area contributed by atoms with Gasteiger partial charge in [0.2, 0.25) is 5.82 Å². The lowest BCUT2D eigenvalue weighted by Crippen LogP contribution is -2.17. The van der Waals surface area contributed by atoms with Gasteiger partial charge in [-0.2, -0.15) is 0 Å². The van der Waals surface area contributed by atoms with Gasteiger partial charge in [0.25, 0.3) is 5.91 Å². The third-order valence-corrected chi connectivity index (χ3v) is 2.92. The van der Waals surface area contributed by atoms with Crippen molar-refractivity contribution in [3.8, 4) is 0 Å².